The number of methoxy groups -OCH3 is 1. The molecule has 0 aromatic rings. The van der Waals surface area contributed by atoms with Gasteiger partial charge < -0.3 is 15.4 Å². The molecule has 0 bridgehead atoms. The molecule has 2 aliphatic rings. The zero-order valence-corrected chi connectivity index (χ0v) is 8.08. The third-order valence-corrected chi connectivity index (χ3v) is 3.07. The van der Waals surface area contributed by atoms with Crippen molar-refractivity contribution in [3.8, 4) is 0 Å². The smallest absolute Gasteiger partial charge is 0.323 e. The Morgan fingerprint density at radius 2 is 2.36 bits per heavy atom. The topological polar surface area (TPSA) is 67.4 Å². The quantitative estimate of drug-likeness (QED) is 0.524. The lowest BCUT2D eigenvalue weighted by molar-refractivity contribution is -0.145. The van der Waals surface area contributed by atoms with Crippen LogP contribution in [-0.2, 0) is 14.3 Å². The Labute approximate surface area is 82.2 Å². The first-order valence-electron chi connectivity index (χ1n) is 4.83. The number of hydrogen-bond donors (Lipinski definition) is 2. The highest BCUT2D eigenvalue weighted by Crippen LogP contribution is 2.28. The third-order valence-electron chi connectivity index (χ3n) is 3.07. The van der Waals surface area contributed by atoms with Gasteiger partial charge in [-0.25, -0.2) is 0 Å². The van der Waals surface area contributed by atoms with E-state index in [0.29, 0.717) is 13.1 Å². The van der Waals surface area contributed by atoms with Gasteiger partial charge in [-0.15, -0.1) is 0 Å². The molecule has 5 nitrogen and oxygen atoms in total. The van der Waals surface area contributed by atoms with Crippen molar-refractivity contribution in [2.75, 3.05) is 20.2 Å². The van der Waals surface area contributed by atoms with E-state index in [-0.39, 0.29) is 29.8 Å². The molecule has 5 heteroatoms. The molecule has 2 heterocycles. The van der Waals surface area contributed by atoms with Gasteiger partial charge in [-0.3, -0.25) is 9.59 Å². The number of nitrogens with one attached hydrogen (secondary N) is 2. The first-order valence-corrected chi connectivity index (χ1v) is 4.83. The second kappa shape index (κ2) is 3.57. The van der Waals surface area contributed by atoms with Crippen LogP contribution in [0, 0.1) is 11.8 Å². The molecule has 0 saturated carbocycles. The van der Waals surface area contributed by atoms with E-state index in [4.69, 9.17) is 4.74 Å². The number of amides is 1. The van der Waals surface area contributed by atoms with Crippen LogP contribution in [0.4, 0.5) is 0 Å². The molecule has 0 aromatic heterocycles. The summed E-state index contributed by atoms with van der Waals surface area (Å²) in [6.45, 7) is 1.28. The van der Waals surface area contributed by atoms with Gasteiger partial charge in [-0.1, -0.05) is 0 Å². The SMILES string of the molecule is COC(=O)C1NCCC2C(=O)NCC21. The minimum Gasteiger partial charge on any atom is -0.468 e. The normalized spacial score (nSPS) is 36.1. The van der Waals surface area contributed by atoms with Crippen LogP contribution >= 0.6 is 0 Å². The highest BCUT2D eigenvalue weighted by atomic mass is 16.5. The molecular formula is C9H14N2O3. The van der Waals surface area contributed by atoms with Gasteiger partial charge in [0.15, 0.2) is 0 Å². The molecule has 0 aliphatic carbocycles. The number of rotatable bonds is 1. The number of hydrogen-bond acceptors (Lipinski definition) is 4. The zero-order chi connectivity index (χ0) is 10.1. The summed E-state index contributed by atoms with van der Waals surface area (Å²) < 4.78 is 4.69. The van der Waals surface area contributed by atoms with E-state index >= 15 is 0 Å². The summed E-state index contributed by atoms with van der Waals surface area (Å²) in [4.78, 5) is 22.8. The maximum absolute atomic E-state index is 11.4. The van der Waals surface area contributed by atoms with Crippen molar-refractivity contribution in [1.82, 2.24) is 10.6 Å². The molecule has 2 rings (SSSR count). The average molecular weight is 198 g/mol. The number of fused-ring (bicyclic) bond motifs is 1. The standard InChI is InChI=1S/C9H14N2O3/c1-14-9(13)7-6-4-11-8(12)5(6)2-3-10-7/h5-7,10H,2-4H2,1H3,(H,11,12). The number of carbonyl (C=O) groups excluding carboxylic acids is 2. The number of ether oxygens (including phenoxy) is 1. The van der Waals surface area contributed by atoms with Gasteiger partial charge >= 0.3 is 5.97 Å². The molecule has 14 heavy (non-hydrogen) atoms. The first-order chi connectivity index (χ1) is 6.74. The van der Waals surface area contributed by atoms with Gasteiger partial charge in [0.1, 0.15) is 6.04 Å². The van der Waals surface area contributed by atoms with Crippen LogP contribution in [0.25, 0.3) is 0 Å². The maximum atomic E-state index is 11.4. The number of carbonyl (C=O) groups is 2. The Morgan fingerprint density at radius 1 is 1.57 bits per heavy atom. The summed E-state index contributed by atoms with van der Waals surface area (Å²) in [5.41, 5.74) is 0. The molecule has 2 saturated heterocycles. The van der Waals surface area contributed by atoms with E-state index in [2.05, 4.69) is 10.6 Å². The van der Waals surface area contributed by atoms with Crippen molar-refractivity contribution < 1.29 is 14.3 Å². The Hall–Kier alpha value is -1.10. The van der Waals surface area contributed by atoms with Crippen molar-refractivity contribution in [3.05, 3.63) is 0 Å². The van der Waals surface area contributed by atoms with E-state index < -0.39 is 0 Å². The molecule has 78 valence electrons. The summed E-state index contributed by atoms with van der Waals surface area (Å²) in [5, 5.41) is 5.88. The Kier molecular flexibility index (Phi) is 2.41. The fourth-order valence-electron chi connectivity index (χ4n) is 2.31. The lowest BCUT2D eigenvalue weighted by atomic mass is 9.83. The third kappa shape index (κ3) is 1.37. The summed E-state index contributed by atoms with van der Waals surface area (Å²) in [6.07, 6.45) is 0.810. The monoisotopic (exact) mass is 198 g/mol. The van der Waals surface area contributed by atoms with E-state index in [1.807, 2.05) is 0 Å². The first kappa shape index (κ1) is 9.45. The fraction of sp³-hybridized carbons (Fsp3) is 0.778. The van der Waals surface area contributed by atoms with Crippen LogP contribution in [0.15, 0.2) is 0 Å². The highest BCUT2D eigenvalue weighted by Gasteiger charge is 2.45. The van der Waals surface area contributed by atoms with Gasteiger partial charge in [0.25, 0.3) is 0 Å². The highest BCUT2D eigenvalue weighted by molar-refractivity contribution is 5.84. The van der Waals surface area contributed by atoms with Crippen molar-refractivity contribution in [1.29, 1.82) is 0 Å². The molecule has 0 aromatic carbocycles. The van der Waals surface area contributed by atoms with E-state index in [1.165, 1.54) is 7.11 Å². The van der Waals surface area contributed by atoms with E-state index in [9.17, 15) is 9.59 Å². The van der Waals surface area contributed by atoms with E-state index in [0.717, 1.165) is 6.42 Å². The maximum Gasteiger partial charge on any atom is 0.323 e. The lowest BCUT2D eigenvalue weighted by Gasteiger charge is -2.30. The average Bonchev–Trinajstić information content (AvgIpc) is 2.59. The second-order valence-corrected chi connectivity index (χ2v) is 3.76. The minimum absolute atomic E-state index is 0.0136. The fourth-order valence-corrected chi connectivity index (χ4v) is 2.31. The van der Waals surface area contributed by atoms with Crippen LogP contribution < -0.4 is 10.6 Å². The molecule has 2 N–H and O–H groups in total. The van der Waals surface area contributed by atoms with Crippen LogP contribution in [0.3, 0.4) is 0 Å². The van der Waals surface area contributed by atoms with Crippen LogP contribution in [0.1, 0.15) is 6.42 Å². The summed E-state index contributed by atoms with van der Waals surface area (Å²) in [7, 11) is 1.37. The van der Waals surface area contributed by atoms with Crippen LogP contribution in [0.5, 0.6) is 0 Å². The van der Waals surface area contributed by atoms with E-state index in [1.54, 1.807) is 0 Å². The van der Waals surface area contributed by atoms with Gasteiger partial charge in [0, 0.05) is 18.4 Å². The lowest BCUT2D eigenvalue weighted by Crippen LogP contribution is -2.51. The van der Waals surface area contributed by atoms with Gasteiger partial charge in [-0.05, 0) is 13.0 Å². The predicted molar refractivity (Wildman–Crippen MR) is 48.4 cm³/mol. The number of piperidine rings is 1. The predicted octanol–water partition coefficient (Wildman–Crippen LogP) is -1.12. The molecule has 2 aliphatic heterocycles. The number of esters is 1. The van der Waals surface area contributed by atoms with Gasteiger partial charge in [-0.2, -0.15) is 0 Å². The summed E-state index contributed by atoms with van der Waals surface area (Å²) in [6, 6.07) is -0.322. The molecular weight excluding hydrogens is 184 g/mol. The Morgan fingerprint density at radius 3 is 3.07 bits per heavy atom. The van der Waals surface area contributed by atoms with Gasteiger partial charge in [0.2, 0.25) is 5.91 Å². The van der Waals surface area contributed by atoms with Crippen molar-refractivity contribution in [2.24, 2.45) is 11.8 Å². The largest absolute Gasteiger partial charge is 0.468 e. The molecule has 1 amide bonds. The molecule has 2 fully saturated rings. The Balaban J connectivity index is 2.12. The summed E-state index contributed by atoms with van der Waals surface area (Å²) >= 11 is 0. The van der Waals surface area contributed by atoms with Crippen molar-refractivity contribution >= 4 is 11.9 Å². The molecule has 3 unspecified atom stereocenters. The van der Waals surface area contributed by atoms with Crippen LogP contribution in [0.2, 0.25) is 0 Å². The molecule has 3 atom stereocenters. The van der Waals surface area contributed by atoms with Crippen molar-refractivity contribution in [2.45, 2.75) is 12.5 Å². The summed E-state index contributed by atoms with van der Waals surface area (Å²) in [5.74, 6) is -0.148. The van der Waals surface area contributed by atoms with Gasteiger partial charge in [0.05, 0.1) is 7.11 Å². The zero-order valence-electron chi connectivity index (χ0n) is 8.08. The second-order valence-electron chi connectivity index (χ2n) is 3.76. The minimum atomic E-state index is -0.322. The van der Waals surface area contributed by atoms with Crippen LogP contribution in [-0.4, -0.2) is 38.1 Å². The van der Waals surface area contributed by atoms with Crippen molar-refractivity contribution in [3.63, 3.8) is 0 Å². The molecule has 0 spiro atoms. The molecule has 0 radical (unpaired) electrons. The Bertz CT molecular complexity index is 267.